The number of aromatic nitrogens is 1. The Bertz CT molecular complexity index is 725. The lowest BCUT2D eigenvalue weighted by atomic mass is 10.1. The summed E-state index contributed by atoms with van der Waals surface area (Å²) in [4.78, 5) is 16.0. The minimum atomic E-state index is -0.540. The number of hydrogen-bond donors (Lipinski definition) is 1. The second-order valence-corrected chi connectivity index (χ2v) is 4.85. The van der Waals surface area contributed by atoms with Crippen molar-refractivity contribution >= 4 is 27.5 Å². The van der Waals surface area contributed by atoms with Crippen LogP contribution in [0.15, 0.2) is 34.9 Å². The predicted octanol–water partition coefficient (Wildman–Crippen LogP) is 3.42. The van der Waals surface area contributed by atoms with Crippen LogP contribution in [0.25, 0.3) is 0 Å². The van der Waals surface area contributed by atoms with Gasteiger partial charge in [0.15, 0.2) is 0 Å². The van der Waals surface area contributed by atoms with Crippen molar-refractivity contribution in [2.24, 2.45) is 0 Å². The fourth-order valence-corrected chi connectivity index (χ4v) is 1.94. The molecule has 1 heterocycles. The standard InChI is InChI=1S/C14H9BrFN3O/c1-8-10(16)5-9(7-17)6-12(8)19-14(20)11-3-2-4-13(15)18-11/h2-6H,1H3,(H,19,20). The number of nitrogens with zero attached hydrogens (tertiary/aromatic N) is 2. The molecular formula is C14H9BrFN3O. The average molecular weight is 334 g/mol. The van der Waals surface area contributed by atoms with Crippen molar-refractivity contribution in [1.29, 1.82) is 5.26 Å². The molecule has 6 heteroatoms. The molecule has 100 valence electrons. The zero-order chi connectivity index (χ0) is 14.7. The van der Waals surface area contributed by atoms with E-state index in [1.54, 1.807) is 18.2 Å². The minimum absolute atomic E-state index is 0.144. The molecule has 1 amide bonds. The lowest BCUT2D eigenvalue weighted by molar-refractivity contribution is 0.102. The first kappa shape index (κ1) is 14.2. The van der Waals surface area contributed by atoms with Crippen molar-refractivity contribution in [3.05, 3.63) is 57.6 Å². The van der Waals surface area contributed by atoms with Crippen LogP contribution in [0, 0.1) is 24.1 Å². The van der Waals surface area contributed by atoms with Gasteiger partial charge in [0.25, 0.3) is 5.91 Å². The van der Waals surface area contributed by atoms with Gasteiger partial charge < -0.3 is 5.32 Å². The van der Waals surface area contributed by atoms with Crippen LogP contribution in [0.1, 0.15) is 21.6 Å². The third-order valence-electron chi connectivity index (χ3n) is 2.67. The first-order chi connectivity index (χ1) is 9.51. The molecule has 0 saturated carbocycles. The quantitative estimate of drug-likeness (QED) is 0.856. The molecule has 0 aliphatic carbocycles. The van der Waals surface area contributed by atoms with E-state index in [-0.39, 0.29) is 22.5 Å². The molecule has 4 nitrogen and oxygen atoms in total. The predicted molar refractivity (Wildman–Crippen MR) is 75.7 cm³/mol. The Morgan fingerprint density at radius 1 is 1.45 bits per heavy atom. The van der Waals surface area contributed by atoms with Crippen molar-refractivity contribution in [3.63, 3.8) is 0 Å². The zero-order valence-electron chi connectivity index (χ0n) is 10.4. The largest absolute Gasteiger partial charge is 0.320 e. The van der Waals surface area contributed by atoms with Crippen LogP contribution in [-0.2, 0) is 0 Å². The van der Waals surface area contributed by atoms with Gasteiger partial charge in [0.2, 0.25) is 0 Å². The SMILES string of the molecule is Cc1c(F)cc(C#N)cc1NC(=O)c1cccc(Br)n1. The lowest BCUT2D eigenvalue weighted by Gasteiger charge is -2.09. The summed E-state index contributed by atoms with van der Waals surface area (Å²) < 4.78 is 14.1. The van der Waals surface area contributed by atoms with E-state index in [2.05, 4.69) is 26.2 Å². The number of anilines is 1. The number of nitrogens with one attached hydrogen (secondary N) is 1. The number of rotatable bonds is 2. The van der Waals surface area contributed by atoms with E-state index in [0.29, 0.717) is 4.60 Å². The van der Waals surface area contributed by atoms with E-state index in [1.165, 1.54) is 13.0 Å². The van der Waals surface area contributed by atoms with Crippen LogP contribution in [0.5, 0.6) is 0 Å². The second kappa shape index (κ2) is 5.80. The molecule has 1 N–H and O–H groups in total. The summed E-state index contributed by atoms with van der Waals surface area (Å²) in [6, 6.07) is 9.30. The second-order valence-electron chi connectivity index (χ2n) is 4.04. The molecule has 0 spiro atoms. The van der Waals surface area contributed by atoms with Crippen molar-refractivity contribution in [3.8, 4) is 6.07 Å². The summed E-state index contributed by atoms with van der Waals surface area (Å²) in [5, 5.41) is 11.4. The highest BCUT2D eigenvalue weighted by Crippen LogP contribution is 2.21. The van der Waals surface area contributed by atoms with Crippen molar-refractivity contribution in [1.82, 2.24) is 4.98 Å². The third-order valence-corrected chi connectivity index (χ3v) is 3.11. The molecule has 2 rings (SSSR count). The normalized spacial score (nSPS) is 9.90. The van der Waals surface area contributed by atoms with Crippen LogP contribution >= 0.6 is 15.9 Å². The van der Waals surface area contributed by atoms with E-state index in [4.69, 9.17) is 5.26 Å². The van der Waals surface area contributed by atoms with Crippen molar-refractivity contribution < 1.29 is 9.18 Å². The van der Waals surface area contributed by atoms with Gasteiger partial charge in [-0.1, -0.05) is 6.07 Å². The van der Waals surface area contributed by atoms with Crippen LogP contribution < -0.4 is 5.32 Å². The maximum absolute atomic E-state index is 13.6. The number of nitriles is 1. The first-order valence-corrected chi connectivity index (χ1v) is 6.44. The molecule has 0 radical (unpaired) electrons. The number of pyridine rings is 1. The van der Waals surface area contributed by atoms with Gasteiger partial charge in [-0.15, -0.1) is 0 Å². The van der Waals surface area contributed by atoms with E-state index in [0.717, 1.165) is 6.07 Å². The summed E-state index contributed by atoms with van der Waals surface area (Å²) in [5.74, 6) is -1.01. The monoisotopic (exact) mass is 333 g/mol. The van der Waals surface area contributed by atoms with Gasteiger partial charge in [0, 0.05) is 11.3 Å². The molecule has 0 atom stereocenters. The number of carbonyl (C=O) groups excluding carboxylic acids is 1. The van der Waals surface area contributed by atoms with Crippen LogP contribution in [0.2, 0.25) is 0 Å². The van der Waals surface area contributed by atoms with Crippen LogP contribution in [0.3, 0.4) is 0 Å². The van der Waals surface area contributed by atoms with Gasteiger partial charge in [0.05, 0.1) is 11.6 Å². The molecule has 20 heavy (non-hydrogen) atoms. The zero-order valence-corrected chi connectivity index (χ0v) is 12.0. The van der Waals surface area contributed by atoms with Crippen LogP contribution in [-0.4, -0.2) is 10.9 Å². The van der Waals surface area contributed by atoms with Gasteiger partial charge in [-0.25, -0.2) is 9.37 Å². The molecule has 0 bridgehead atoms. The molecule has 1 aromatic heterocycles. The smallest absolute Gasteiger partial charge is 0.274 e. The highest BCUT2D eigenvalue weighted by molar-refractivity contribution is 9.10. The maximum Gasteiger partial charge on any atom is 0.274 e. The number of amides is 1. The van der Waals surface area contributed by atoms with E-state index in [1.807, 2.05) is 6.07 Å². The highest BCUT2D eigenvalue weighted by atomic mass is 79.9. The van der Waals surface area contributed by atoms with Gasteiger partial charge in [0.1, 0.15) is 16.1 Å². The fraction of sp³-hybridized carbons (Fsp3) is 0.0714. The van der Waals surface area contributed by atoms with Gasteiger partial charge in [-0.05, 0) is 47.1 Å². The van der Waals surface area contributed by atoms with E-state index in [9.17, 15) is 9.18 Å². The molecule has 0 fully saturated rings. The Kier molecular flexibility index (Phi) is 4.11. The number of halogens is 2. The molecule has 0 aliphatic rings. The van der Waals surface area contributed by atoms with Gasteiger partial charge in [-0.3, -0.25) is 4.79 Å². The summed E-state index contributed by atoms with van der Waals surface area (Å²) in [6.07, 6.45) is 0. The Balaban J connectivity index is 2.33. The summed E-state index contributed by atoms with van der Waals surface area (Å²) in [7, 11) is 0. The fourth-order valence-electron chi connectivity index (χ4n) is 1.59. The molecular weight excluding hydrogens is 325 g/mol. The first-order valence-electron chi connectivity index (χ1n) is 5.65. The Hall–Kier alpha value is -2.26. The topological polar surface area (TPSA) is 65.8 Å². The van der Waals surface area contributed by atoms with Crippen LogP contribution in [0.4, 0.5) is 10.1 Å². The Morgan fingerprint density at radius 2 is 2.20 bits per heavy atom. The molecule has 1 aromatic carbocycles. The minimum Gasteiger partial charge on any atom is -0.320 e. The van der Waals surface area contributed by atoms with E-state index >= 15 is 0 Å². The molecule has 0 unspecified atom stereocenters. The van der Waals surface area contributed by atoms with Gasteiger partial charge >= 0.3 is 0 Å². The summed E-state index contributed by atoms with van der Waals surface area (Å²) >= 11 is 3.17. The maximum atomic E-state index is 13.6. The Labute approximate surface area is 123 Å². The van der Waals surface area contributed by atoms with Crippen molar-refractivity contribution in [2.45, 2.75) is 6.92 Å². The molecule has 2 aromatic rings. The molecule has 0 saturated heterocycles. The highest BCUT2D eigenvalue weighted by Gasteiger charge is 2.12. The van der Waals surface area contributed by atoms with E-state index < -0.39 is 11.7 Å². The summed E-state index contributed by atoms with van der Waals surface area (Å²) in [5.41, 5.74) is 0.868. The number of hydrogen-bond acceptors (Lipinski definition) is 3. The summed E-state index contributed by atoms with van der Waals surface area (Å²) in [6.45, 7) is 1.53. The average Bonchev–Trinajstić information content (AvgIpc) is 2.43. The lowest BCUT2D eigenvalue weighted by Crippen LogP contribution is -2.15. The third kappa shape index (κ3) is 3.00. The van der Waals surface area contributed by atoms with Gasteiger partial charge in [-0.2, -0.15) is 5.26 Å². The van der Waals surface area contributed by atoms with Crippen molar-refractivity contribution in [2.75, 3.05) is 5.32 Å². The molecule has 0 aliphatic heterocycles. The number of carbonyl (C=O) groups is 1. The number of benzene rings is 1. The Morgan fingerprint density at radius 3 is 2.85 bits per heavy atom.